The lowest BCUT2D eigenvalue weighted by Gasteiger charge is -2.00. The summed E-state index contributed by atoms with van der Waals surface area (Å²) in [5, 5.41) is 9.25. The molecule has 1 heterocycles. The molecule has 0 amide bonds. The maximum Gasteiger partial charge on any atom is 0.337 e. The number of aromatic carboxylic acids is 1. The predicted octanol–water partition coefficient (Wildman–Crippen LogP) is 0.917. The lowest BCUT2D eigenvalue weighted by atomic mass is 10.3. The van der Waals surface area contributed by atoms with Gasteiger partial charge in [0.2, 0.25) is 0 Å². The molecule has 1 rings (SSSR count). The first-order valence-electron chi connectivity index (χ1n) is 4.38. The second-order valence-corrected chi connectivity index (χ2v) is 6.54. The molecule has 0 bridgehead atoms. The number of rotatable bonds is 5. The number of hydrogen-bond acceptors (Lipinski definition) is 5. The molecular formula is C9H11NO4S2. The first-order valence-corrected chi connectivity index (χ1v) is 7.43. The van der Waals surface area contributed by atoms with Gasteiger partial charge in [0.15, 0.2) is 0 Å². The zero-order chi connectivity index (χ0) is 12.2. The van der Waals surface area contributed by atoms with Gasteiger partial charge in [-0.2, -0.15) is 0 Å². The Morgan fingerprint density at radius 2 is 2.19 bits per heavy atom. The number of pyridine rings is 1. The van der Waals surface area contributed by atoms with Crippen molar-refractivity contribution in [2.45, 2.75) is 5.03 Å². The maximum absolute atomic E-state index is 10.9. The van der Waals surface area contributed by atoms with Crippen molar-refractivity contribution in [3.05, 3.63) is 23.9 Å². The van der Waals surface area contributed by atoms with E-state index in [1.807, 2.05) is 0 Å². The minimum atomic E-state index is -2.96. The molecule has 1 aromatic rings. The number of aromatic nitrogens is 1. The summed E-state index contributed by atoms with van der Waals surface area (Å²) < 4.78 is 21.7. The molecule has 0 saturated carbocycles. The molecule has 16 heavy (non-hydrogen) atoms. The molecule has 0 aliphatic heterocycles. The van der Waals surface area contributed by atoms with Gasteiger partial charge in [-0.25, -0.2) is 18.2 Å². The highest BCUT2D eigenvalue weighted by Gasteiger charge is 2.05. The Balaban J connectivity index is 2.53. The lowest BCUT2D eigenvalue weighted by Crippen LogP contribution is -2.05. The number of carboxylic acid groups (broad SMARTS) is 1. The molecule has 0 aliphatic carbocycles. The Morgan fingerprint density at radius 1 is 1.50 bits per heavy atom. The summed E-state index contributed by atoms with van der Waals surface area (Å²) in [7, 11) is -2.96. The molecule has 0 fully saturated rings. The van der Waals surface area contributed by atoms with Gasteiger partial charge < -0.3 is 5.11 Å². The highest BCUT2D eigenvalue weighted by molar-refractivity contribution is 8.00. The van der Waals surface area contributed by atoms with Gasteiger partial charge in [-0.05, 0) is 12.1 Å². The fourth-order valence-electron chi connectivity index (χ4n) is 0.890. The second kappa shape index (κ2) is 5.31. The fraction of sp³-hybridized carbons (Fsp3) is 0.333. The van der Waals surface area contributed by atoms with Crippen molar-refractivity contribution in [1.82, 2.24) is 4.98 Å². The number of sulfone groups is 1. The van der Waals surface area contributed by atoms with Crippen LogP contribution in [0.5, 0.6) is 0 Å². The molecular weight excluding hydrogens is 250 g/mol. The van der Waals surface area contributed by atoms with E-state index in [-0.39, 0.29) is 11.3 Å². The van der Waals surface area contributed by atoms with E-state index < -0.39 is 15.8 Å². The third-order valence-corrected chi connectivity index (χ3v) is 3.84. The zero-order valence-corrected chi connectivity index (χ0v) is 10.2. The van der Waals surface area contributed by atoms with Crippen LogP contribution in [0.2, 0.25) is 0 Å². The quantitative estimate of drug-likeness (QED) is 0.793. The third kappa shape index (κ3) is 4.63. The minimum Gasteiger partial charge on any atom is -0.478 e. The topological polar surface area (TPSA) is 84.3 Å². The molecule has 0 saturated heterocycles. The van der Waals surface area contributed by atoms with Crippen molar-refractivity contribution in [1.29, 1.82) is 0 Å². The number of hydrogen-bond donors (Lipinski definition) is 1. The molecule has 7 heteroatoms. The van der Waals surface area contributed by atoms with Gasteiger partial charge in [-0.3, -0.25) is 0 Å². The molecule has 0 aromatic carbocycles. The fourth-order valence-corrected chi connectivity index (χ4v) is 2.93. The summed E-state index contributed by atoms with van der Waals surface area (Å²) in [6, 6.07) is 3.01. The van der Waals surface area contributed by atoms with Gasteiger partial charge in [0.25, 0.3) is 0 Å². The van der Waals surface area contributed by atoms with Crippen LogP contribution >= 0.6 is 11.8 Å². The van der Waals surface area contributed by atoms with Crippen molar-refractivity contribution < 1.29 is 18.3 Å². The van der Waals surface area contributed by atoms with Crippen molar-refractivity contribution in [3.63, 3.8) is 0 Å². The summed E-state index contributed by atoms with van der Waals surface area (Å²) in [5.41, 5.74) is 0.118. The van der Waals surface area contributed by atoms with Crippen molar-refractivity contribution >= 4 is 27.6 Å². The van der Waals surface area contributed by atoms with Crippen LogP contribution in [0, 0.1) is 0 Å². The van der Waals surface area contributed by atoms with Crippen LogP contribution in [-0.4, -0.2) is 42.2 Å². The Kier molecular flexibility index (Phi) is 4.31. The maximum atomic E-state index is 10.9. The van der Waals surface area contributed by atoms with Crippen molar-refractivity contribution in [2.24, 2.45) is 0 Å². The molecule has 5 nitrogen and oxygen atoms in total. The van der Waals surface area contributed by atoms with E-state index in [0.29, 0.717) is 10.8 Å². The smallest absolute Gasteiger partial charge is 0.337 e. The predicted molar refractivity (Wildman–Crippen MR) is 61.6 cm³/mol. The molecule has 0 unspecified atom stereocenters. The van der Waals surface area contributed by atoms with Crippen LogP contribution < -0.4 is 0 Å². The standard InChI is InChI=1S/C9H11NO4S2/c1-16(13,14)5-4-15-8-3-2-7(6-10-8)9(11)12/h2-3,6H,4-5H2,1H3,(H,11,12). The van der Waals surface area contributed by atoms with E-state index in [2.05, 4.69) is 4.98 Å². The van der Waals surface area contributed by atoms with Gasteiger partial charge >= 0.3 is 5.97 Å². The zero-order valence-electron chi connectivity index (χ0n) is 8.58. The Hall–Kier alpha value is -1.08. The highest BCUT2D eigenvalue weighted by atomic mass is 32.2. The van der Waals surface area contributed by atoms with E-state index in [0.717, 1.165) is 0 Å². The third-order valence-electron chi connectivity index (χ3n) is 1.69. The average Bonchev–Trinajstić information content (AvgIpc) is 2.16. The van der Waals surface area contributed by atoms with E-state index >= 15 is 0 Å². The summed E-state index contributed by atoms with van der Waals surface area (Å²) in [6.45, 7) is 0. The highest BCUT2D eigenvalue weighted by Crippen LogP contribution is 2.15. The average molecular weight is 261 g/mol. The van der Waals surface area contributed by atoms with Crippen LogP contribution in [0.25, 0.3) is 0 Å². The van der Waals surface area contributed by atoms with Gasteiger partial charge in [0, 0.05) is 18.2 Å². The second-order valence-electron chi connectivity index (χ2n) is 3.17. The van der Waals surface area contributed by atoms with E-state index in [1.54, 1.807) is 6.07 Å². The Morgan fingerprint density at radius 3 is 2.62 bits per heavy atom. The SMILES string of the molecule is CS(=O)(=O)CCSc1ccc(C(=O)O)cn1. The summed E-state index contributed by atoms with van der Waals surface area (Å²) >= 11 is 1.28. The molecule has 1 aromatic heterocycles. The van der Waals surface area contributed by atoms with Crippen molar-refractivity contribution in [3.8, 4) is 0 Å². The number of thioether (sulfide) groups is 1. The molecule has 88 valence electrons. The van der Waals surface area contributed by atoms with Crippen LogP contribution in [0.4, 0.5) is 0 Å². The Bertz CT molecular complexity index is 467. The minimum absolute atomic E-state index is 0.0834. The van der Waals surface area contributed by atoms with Gasteiger partial charge in [-0.1, -0.05) is 0 Å². The lowest BCUT2D eigenvalue weighted by molar-refractivity contribution is 0.0696. The van der Waals surface area contributed by atoms with E-state index in [9.17, 15) is 13.2 Å². The number of nitrogens with zero attached hydrogens (tertiary/aromatic N) is 1. The largest absolute Gasteiger partial charge is 0.478 e. The van der Waals surface area contributed by atoms with Crippen LogP contribution in [0.3, 0.4) is 0 Å². The van der Waals surface area contributed by atoms with Gasteiger partial charge in [0.05, 0.1) is 16.3 Å². The molecule has 0 spiro atoms. The van der Waals surface area contributed by atoms with E-state index in [1.165, 1.54) is 30.3 Å². The molecule has 0 atom stereocenters. The molecule has 1 N–H and O–H groups in total. The van der Waals surface area contributed by atoms with E-state index in [4.69, 9.17) is 5.11 Å². The summed E-state index contributed by atoms with van der Waals surface area (Å²) in [6.07, 6.45) is 2.43. The normalized spacial score (nSPS) is 11.3. The van der Waals surface area contributed by atoms with Crippen LogP contribution in [0.15, 0.2) is 23.4 Å². The van der Waals surface area contributed by atoms with Gasteiger partial charge in [-0.15, -0.1) is 11.8 Å². The first kappa shape index (κ1) is 13.0. The van der Waals surface area contributed by atoms with Crippen LogP contribution in [-0.2, 0) is 9.84 Å². The van der Waals surface area contributed by atoms with Crippen LogP contribution in [0.1, 0.15) is 10.4 Å². The van der Waals surface area contributed by atoms with Crippen molar-refractivity contribution in [2.75, 3.05) is 17.8 Å². The summed E-state index contributed by atoms with van der Waals surface area (Å²) in [4.78, 5) is 14.4. The first-order chi connectivity index (χ1) is 7.38. The molecule has 0 aliphatic rings. The number of carboxylic acids is 1. The summed E-state index contributed by atoms with van der Waals surface area (Å²) in [5.74, 6) is -0.529. The number of carbonyl (C=O) groups is 1. The Labute approximate surface area is 97.8 Å². The van der Waals surface area contributed by atoms with Gasteiger partial charge in [0.1, 0.15) is 9.84 Å². The monoisotopic (exact) mass is 261 g/mol. The molecule has 0 radical (unpaired) electrons.